The van der Waals surface area contributed by atoms with E-state index in [1.54, 1.807) is 0 Å². The fourth-order valence-corrected chi connectivity index (χ4v) is 4.89. The highest BCUT2D eigenvalue weighted by Gasteiger charge is 2.39. The predicted molar refractivity (Wildman–Crippen MR) is 76.3 cm³/mol. The van der Waals surface area contributed by atoms with Gasteiger partial charge in [0.05, 0.1) is 11.5 Å². The molecule has 3 unspecified atom stereocenters. The van der Waals surface area contributed by atoms with Crippen molar-refractivity contribution in [2.45, 2.75) is 58.7 Å². The van der Waals surface area contributed by atoms with Crippen LogP contribution in [0.4, 0.5) is 0 Å². The minimum Gasteiger partial charge on any atom is -0.326 e. The average molecular weight is 276 g/mol. The van der Waals surface area contributed by atoms with Gasteiger partial charge >= 0.3 is 0 Å². The molecule has 0 aromatic heterocycles. The second kappa shape index (κ2) is 5.47. The molecule has 1 heterocycles. The smallest absolute Gasteiger partial charge is 0.151 e. The van der Waals surface area contributed by atoms with E-state index in [0.717, 1.165) is 12.8 Å². The van der Waals surface area contributed by atoms with Crippen molar-refractivity contribution in [1.82, 2.24) is 4.90 Å². The van der Waals surface area contributed by atoms with E-state index >= 15 is 0 Å². The third-order valence-corrected chi connectivity index (χ3v) is 5.74. The van der Waals surface area contributed by atoms with Crippen LogP contribution in [-0.4, -0.2) is 50.0 Å². The van der Waals surface area contributed by atoms with Crippen molar-refractivity contribution in [3.05, 3.63) is 0 Å². The number of hydrogen-bond acceptors (Lipinski definition) is 4. The molecule has 1 saturated heterocycles. The summed E-state index contributed by atoms with van der Waals surface area (Å²) in [4.78, 5) is 2.21. The minimum absolute atomic E-state index is 0.0521. The second-order valence-electron chi connectivity index (χ2n) is 6.61. The van der Waals surface area contributed by atoms with Crippen LogP contribution in [0.3, 0.4) is 0 Å². The Balaban J connectivity index is 2.87. The molecule has 18 heavy (non-hydrogen) atoms. The molecule has 5 heteroatoms. The molecule has 2 N–H and O–H groups in total. The summed E-state index contributed by atoms with van der Waals surface area (Å²) in [6.45, 7) is 8.61. The summed E-state index contributed by atoms with van der Waals surface area (Å²) in [6, 6.07) is 0.413. The van der Waals surface area contributed by atoms with Gasteiger partial charge in [0.15, 0.2) is 9.84 Å². The average Bonchev–Trinajstić information content (AvgIpc) is 2.56. The highest BCUT2D eigenvalue weighted by Crippen LogP contribution is 2.30. The van der Waals surface area contributed by atoms with Crippen molar-refractivity contribution >= 4 is 9.84 Å². The Hall–Kier alpha value is -0.130. The Bertz CT molecular complexity index is 373. The normalized spacial score (nSPS) is 27.4. The van der Waals surface area contributed by atoms with Gasteiger partial charge in [0, 0.05) is 18.1 Å². The summed E-state index contributed by atoms with van der Waals surface area (Å²) < 4.78 is 23.2. The van der Waals surface area contributed by atoms with Crippen molar-refractivity contribution in [3.63, 3.8) is 0 Å². The van der Waals surface area contributed by atoms with E-state index in [0.29, 0.717) is 5.75 Å². The molecule has 0 saturated carbocycles. The van der Waals surface area contributed by atoms with Crippen LogP contribution in [-0.2, 0) is 9.84 Å². The molecule has 0 aromatic carbocycles. The zero-order valence-corrected chi connectivity index (χ0v) is 13.1. The van der Waals surface area contributed by atoms with Crippen LogP contribution < -0.4 is 5.73 Å². The Labute approximate surface area is 112 Å². The molecule has 108 valence electrons. The lowest BCUT2D eigenvalue weighted by Crippen LogP contribution is -2.56. The van der Waals surface area contributed by atoms with Crippen LogP contribution in [0.5, 0.6) is 0 Å². The van der Waals surface area contributed by atoms with Gasteiger partial charge < -0.3 is 5.73 Å². The first-order chi connectivity index (χ1) is 8.08. The molecule has 4 nitrogen and oxygen atoms in total. The van der Waals surface area contributed by atoms with Crippen LogP contribution in [0.25, 0.3) is 0 Å². The lowest BCUT2D eigenvalue weighted by Gasteiger charge is -2.44. The number of hydrogen-bond donors (Lipinski definition) is 1. The molecule has 0 aromatic rings. The molecule has 0 aliphatic carbocycles. The van der Waals surface area contributed by atoms with Crippen LogP contribution >= 0.6 is 0 Å². The molecule has 0 spiro atoms. The highest BCUT2D eigenvalue weighted by atomic mass is 32.2. The Kier molecular flexibility index (Phi) is 4.84. The van der Waals surface area contributed by atoms with Gasteiger partial charge in [-0.3, -0.25) is 4.90 Å². The molecule has 1 aliphatic rings. The van der Waals surface area contributed by atoms with Crippen molar-refractivity contribution in [2.75, 3.05) is 18.6 Å². The van der Waals surface area contributed by atoms with Crippen LogP contribution in [0.1, 0.15) is 40.5 Å². The van der Waals surface area contributed by atoms with E-state index in [2.05, 4.69) is 32.6 Å². The standard InChI is InChI=1S/C13H28N2O2S/c1-6-11(14)12(13(2,3)4)15(5)10-7-8-18(16,17)9-10/h10-12H,6-9,14H2,1-5H3. The molecular weight excluding hydrogens is 248 g/mol. The summed E-state index contributed by atoms with van der Waals surface area (Å²) in [5.74, 6) is 0.604. The van der Waals surface area contributed by atoms with Gasteiger partial charge in [0.1, 0.15) is 0 Å². The molecule has 0 bridgehead atoms. The van der Waals surface area contributed by atoms with Crippen LogP contribution in [0.15, 0.2) is 0 Å². The largest absolute Gasteiger partial charge is 0.326 e. The zero-order valence-electron chi connectivity index (χ0n) is 12.3. The van der Waals surface area contributed by atoms with Gasteiger partial charge in [-0.15, -0.1) is 0 Å². The Morgan fingerprint density at radius 3 is 2.28 bits per heavy atom. The number of nitrogens with zero attached hydrogens (tertiary/aromatic N) is 1. The Morgan fingerprint density at radius 2 is 1.94 bits per heavy atom. The summed E-state index contributed by atoms with van der Waals surface area (Å²) >= 11 is 0. The number of sulfone groups is 1. The fourth-order valence-electron chi connectivity index (χ4n) is 3.10. The first-order valence-corrected chi connectivity index (χ1v) is 8.58. The number of rotatable bonds is 4. The minimum atomic E-state index is -2.83. The maximum atomic E-state index is 11.6. The lowest BCUT2D eigenvalue weighted by atomic mass is 9.80. The molecule has 1 rings (SSSR count). The van der Waals surface area contributed by atoms with E-state index in [9.17, 15) is 8.42 Å². The van der Waals surface area contributed by atoms with Crippen LogP contribution in [0, 0.1) is 5.41 Å². The van der Waals surface area contributed by atoms with E-state index in [-0.39, 0.29) is 29.3 Å². The summed E-state index contributed by atoms with van der Waals surface area (Å²) in [6.07, 6.45) is 1.65. The lowest BCUT2D eigenvalue weighted by molar-refractivity contribution is 0.0714. The third kappa shape index (κ3) is 3.68. The van der Waals surface area contributed by atoms with E-state index in [1.165, 1.54) is 0 Å². The topological polar surface area (TPSA) is 63.4 Å². The third-order valence-electron chi connectivity index (χ3n) is 3.99. The van der Waals surface area contributed by atoms with E-state index in [1.807, 2.05) is 7.05 Å². The SMILES string of the molecule is CCC(N)C(N(C)C1CCS(=O)(=O)C1)C(C)(C)C. The summed E-state index contributed by atoms with van der Waals surface area (Å²) in [5, 5.41) is 0. The molecule has 3 atom stereocenters. The Morgan fingerprint density at radius 1 is 1.39 bits per heavy atom. The molecule has 0 amide bonds. The fraction of sp³-hybridized carbons (Fsp3) is 1.00. The first-order valence-electron chi connectivity index (χ1n) is 6.76. The second-order valence-corrected chi connectivity index (χ2v) is 8.83. The van der Waals surface area contributed by atoms with Crippen molar-refractivity contribution in [3.8, 4) is 0 Å². The number of nitrogens with two attached hydrogens (primary N) is 1. The highest BCUT2D eigenvalue weighted by molar-refractivity contribution is 7.91. The molecule has 1 aliphatic heterocycles. The quantitative estimate of drug-likeness (QED) is 0.839. The van der Waals surface area contributed by atoms with Crippen molar-refractivity contribution in [2.24, 2.45) is 11.1 Å². The van der Waals surface area contributed by atoms with Gasteiger partial charge in [0.2, 0.25) is 0 Å². The summed E-state index contributed by atoms with van der Waals surface area (Å²) in [5.41, 5.74) is 6.30. The monoisotopic (exact) mass is 276 g/mol. The van der Waals surface area contributed by atoms with Gasteiger partial charge in [-0.1, -0.05) is 27.7 Å². The van der Waals surface area contributed by atoms with Gasteiger partial charge in [0.25, 0.3) is 0 Å². The van der Waals surface area contributed by atoms with Crippen molar-refractivity contribution in [1.29, 1.82) is 0 Å². The van der Waals surface area contributed by atoms with Crippen molar-refractivity contribution < 1.29 is 8.42 Å². The van der Waals surface area contributed by atoms with Gasteiger partial charge in [-0.05, 0) is 25.3 Å². The predicted octanol–water partition coefficient (Wildman–Crippen LogP) is 1.26. The maximum Gasteiger partial charge on any atom is 0.151 e. The van der Waals surface area contributed by atoms with Crippen LogP contribution in [0.2, 0.25) is 0 Å². The van der Waals surface area contributed by atoms with E-state index < -0.39 is 9.84 Å². The van der Waals surface area contributed by atoms with Gasteiger partial charge in [-0.2, -0.15) is 0 Å². The number of likely N-dealkylation sites (N-methyl/N-ethyl adjacent to an activating group) is 1. The molecule has 0 radical (unpaired) electrons. The zero-order chi connectivity index (χ0) is 14.1. The van der Waals surface area contributed by atoms with Gasteiger partial charge in [-0.25, -0.2) is 8.42 Å². The first kappa shape index (κ1) is 15.9. The maximum absolute atomic E-state index is 11.6. The molecule has 1 fully saturated rings. The summed E-state index contributed by atoms with van der Waals surface area (Å²) in [7, 11) is -0.810. The van der Waals surface area contributed by atoms with E-state index in [4.69, 9.17) is 5.73 Å². The molecular formula is C13H28N2O2S.